The molecule has 0 atom stereocenters. The van der Waals surface area contributed by atoms with Crippen LogP contribution >= 0.6 is 0 Å². The first-order valence-electron chi connectivity index (χ1n) is 4.11. The summed E-state index contributed by atoms with van der Waals surface area (Å²) < 4.78 is 50.5. The van der Waals surface area contributed by atoms with Gasteiger partial charge in [0.2, 0.25) is 0 Å². The van der Waals surface area contributed by atoms with Crippen molar-refractivity contribution in [2.24, 2.45) is 0 Å². The number of Topliss-reactive ketones (excluding diaryl/α,β-unsaturated/α-hetero) is 1. The number of benzene rings is 1. The quantitative estimate of drug-likeness (QED) is 0.524. The van der Waals surface area contributed by atoms with Gasteiger partial charge in [-0.3, -0.25) is 4.79 Å². The number of hydrogen-bond donors (Lipinski definition) is 0. The zero-order valence-corrected chi connectivity index (χ0v) is 8.07. The smallest absolute Gasteiger partial charge is 0.294 e. The molecule has 0 spiro atoms. The third-order valence-corrected chi connectivity index (χ3v) is 1.89. The van der Waals surface area contributed by atoms with Gasteiger partial charge < -0.3 is 0 Å². The summed E-state index contributed by atoms with van der Waals surface area (Å²) in [5, 5.41) is 0. The van der Waals surface area contributed by atoms with Gasteiger partial charge >= 0.3 is 6.18 Å². The lowest BCUT2D eigenvalue weighted by Gasteiger charge is -2.12. The van der Waals surface area contributed by atoms with Crippen molar-refractivity contribution < 1.29 is 22.4 Å². The maximum absolute atomic E-state index is 13.2. The van der Waals surface area contributed by atoms with Gasteiger partial charge in [-0.1, -0.05) is 0 Å². The van der Waals surface area contributed by atoms with E-state index in [4.69, 9.17) is 0 Å². The molecule has 0 N–H and O–H groups in total. The van der Waals surface area contributed by atoms with Crippen molar-refractivity contribution in [2.75, 3.05) is 0 Å². The zero-order chi connectivity index (χ0) is 11.8. The average molecular weight is 220 g/mol. The van der Waals surface area contributed by atoms with Gasteiger partial charge in [0.15, 0.2) is 5.78 Å². The second kappa shape index (κ2) is 3.64. The summed E-state index contributed by atoms with van der Waals surface area (Å²) in [4.78, 5) is 10.9. The third-order valence-electron chi connectivity index (χ3n) is 1.89. The van der Waals surface area contributed by atoms with Crippen LogP contribution in [0.4, 0.5) is 17.6 Å². The summed E-state index contributed by atoms with van der Waals surface area (Å²) in [6.45, 7) is 2.24. The minimum atomic E-state index is -4.71. The summed E-state index contributed by atoms with van der Waals surface area (Å²) in [6.07, 6.45) is -4.71. The topological polar surface area (TPSA) is 17.1 Å². The maximum Gasteiger partial charge on any atom is 0.417 e. The highest BCUT2D eigenvalue weighted by molar-refractivity contribution is 5.96. The van der Waals surface area contributed by atoms with Gasteiger partial charge in [-0.25, -0.2) is 4.39 Å². The van der Waals surface area contributed by atoms with Crippen LogP contribution in [0.2, 0.25) is 0 Å². The molecule has 15 heavy (non-hydrogen) atoms. The first-order chi connectivity index (χ1) is 6.73. The number of hydrogen-bond acceptors (Lipinski definition) is 1. The molecule has 0 saturated carbocycles. The van der Waals surface area contributed by atoms with Crippen molar-refractivity contribution in [3.8, 4) is 0 Å². The molecule has 0 aromatic heterocycles. The molecule has 0 unspecified atom stereocenters. The lowest BCUT2D eigenvalue weighted by molar-refractivity contribution is -0.138. The molecule has 0 aliphatic carbocycles. The Balaban J connectivity index is 3.54. The Morgan fingerprint density at radius 2 is 1.80 bits per heavy atom. The monoisotopic (exact) mass is 220 g/mol. The first kappa shape index (κ1) is 11.7. The molecule has 1 aromatic carbocycles. The third kappa shape index (κ3) is 2.34. The fourth-order valence-corrected chi connectivity index (χ4v) is 1.32. The van der Waals surface area contributed by atoms with Crippen LogP contribution in [0, 0.1) is 12.7 Å². The molecule has 0 aliphatic rings. The van der Waals surface area contributed by atoms with Crippen LogP contribution in [0.1, 0.15) is 28.4 Å². The van der Waals surface area contributed by atoms with Crippen LogP contribution in [0.15, 0.2) is 12.1 Å². The largest absolute Gasteiger partial charge is 0.417 e. The SMILES string of the molecule is CC(=O)c1c(F)cc(C)cc1C(F)(F)F. The number of ketones is 1. The lowest BCUT2D eigenvalue weighted by Crippen LogP contribution is -2.14. The predicted octanol–water partition coefficient (Wildman–Crippen LogP) is 3.36. The number of halogens is 4. The highest BCUT2D eigenvalue weighted by atomic mass is 19.4. The van der Waals surface area contributed by atoms with Crippen molar-refractivity contribution in [3.05, 3.63) is 34.6 Å². The van der Waals surface area contributed by atoms with Crippen molar-refractivity contribution in [2.45, 2.75) is 20.0 Å². The first-order valence-corrected chi connectivity index (χ1v) is 4.11. The summed E-state index contributed by atoms with van der Waals surface area (Å²) in [5.41, 5.74) is -1.98. The van der Waals surface area contributed by atoms with Crippen molar-refractivity contribution in [1.29, 1.82) is 0 Å². The Hall–Kier alpha value is -1.39. The fraction of sp³-hybridized carbons (Fsp3) is 0.300. The Morgan fingerprint density at radius 1 is 1.27 bits per heavy atom. The van der Waals surface area contributed by atoms with Gasteiger partial charge in [-0.2, -0.15) is 13.2 Å². The van der Waals surface area contributed by atoms with E-state index in [-0.39, 0.29) is 5.56 Å². The number of carbonyl (C=O) groups excluding carboxylic acids is 1. The highest BCUT2D eigenvalue weighted by Gasteiger charge is 2.36. The molecule has 82 valence electrons. The molecule has 5 heteroatoms. The Bertz CT molecular complexity index is 407. The van der Waals surface area contributed by atoms with Gasteiger partial charge in [-0.05, 0) is 31.5 Å². The minimum absolute atomic E-state index is 0.129. The van der Waals surface area contributed by atoms with Crippen molar-refractivity contribution in [1.82, 2.24) is 0 Å². The van der Waals surface area contributed by atoms with Crippen molar-refractivity contribution in [3.63, 3.8) is 0 Å². The minimum Gasteiger partial charge on any atom is -0.294 e. The highest BCUT2D eigenvalue weighted by Crippen LogP contribution is 2.34. The molecule has 1 nitrogen and oxygen atoms in total. The molecule has 1 aromatic rings. The Morgan fingerprint density at radius 3 is 2.20 bits per heavy atom. The van der Waals surface area contributed by atoms with E-state index in [0.717, 1.165) is 19.1 Å². The van der Waals surface area contributed by atoms with Crippen LogP contribution in [0.5, 0.6) is 0 Å². The molecular formula is C10H8F4O. The summed E-state index contributed by atoms with van der Waals surface area (Å²) in [6, 6.07) is 1.67. The predicted molar refractivity (Wildman–Crippen MR) is 46.1 cm³/mol. The molecule has 0 amide bonds. The molecule has 0 bridgehead atoms. The summed E-state index contributed by atoms with van der Waals surface area (Å²) in [7, 11) is 0. The molecule has 1 rings (SSSR count). The van der Waals surface area contributed by atoms with Crippen molar-refractivity contribution >= 4 is 5.78 Å². The van der Waals surface area contributed by atoms with Gasteiger partial charge in [0, 0.05) is 0 Å². The second-order valence-electron chi connectivity index (χ2n) is 3.22. The lowest BCUT2D eigenvalue weighted by atomic mass is 10.0. The van der Waals surface area contributed by atoms with Crippen LogP contribution in [0.3, 0.4) is 0 Å². The van der Waals surface area contributed by atoms with E-state index < -0.39 is 28.9 Å². The molecule has 0 fully saturated rings. The molecular weight excluding hydrogens is 212 g/mol. The maximum atomic E-state index is 13.2. The normalized spacial score (nSPS) is 11.6. The van der Waals surface area contributed by atoms with E-state index in [0.29, 0.717) is 0 Å². The molecule has 0 saturated heterocycles. The van der Waals surface area contributed by atoms with E-state index in [2.05, 4.69) is 0 Å². The number of carbonyl (C=O) groups is 1. The zero-order valence-electron chi connectivity index (χ0n) is 8.07. The van der Waals surface area contributed by atoms with Gasteiger partial charge in [-0.15, -0.1) is 0 Å². The second-order valence-corrected chi connectivity index (χ2v) is 3.22. The number of aryl methyl sites for hydroxylation is 1. The standard InChI is InChI=1S/C10H8F4O/c1-5-3-7(10(12,13)14)9(6(2)15)8(11)4-5/h3-4H,1-2H3. The van der Waals surface area contributed by atoms with Crippen LogP contribution < -0.4 is 0 Å². The van der Waals surface area contributed by atoms with Gasteiger partial charge in [0.05, 0.1) is 11.1 Å². The van der Waals surface area contributed by atoms with E-state index in [9.17, 15) is 22.4 Å². The molecule has 0 aliphatic heterocycles. The van der Waals surface area contributed by atoms with Gasteiger partial charge in [0.25, 0.3) is 0 Å². The summed E-state index contributed by atoms with van der Waals surface area (Å²) >= 11 is 0. The number of rotatable bonds is 1. The van der Waals surface area contributed by atoms with E-state index >= 15 is 0 Å². The van der Waals surface area contributed by atoms with E-state index in [1.807, 2.05) is 0 Å². The fourth-order valence-electron chi connectivity index (χ4n) is 1.32. The van der Waals surface area contributed by atoms with Crippen LogP contribution in [-0.4, -0.2) is 5.78 Å². The van der Waals surface area contributed by atoms with Gasteiger partial charge in [0.1, 0.15) is 5.82 Å². The Kier molecular flexibility index (Phi) is 2.83. The molecule has 0 heterocycles. The Labute approximate surface area is 83.7 Å². The van der Waals surface area contributed by atoms with E-state index in [1.165, 1.54) is 6.92 Å². The number of alkyl halides is 3. The van der Waals surface area contributed by atoms with Crippen LogP contribution in [0.25, 0.3) is 0 Å². The molecule has 0 radical (unpaired) electrons. The van der Waals surface area contributed by atoms with Crippen LogP contribution in [-0.2, 0) is 6.18 Å². The van der Waals surface area contributed by atoms with E-state index in [1.54, 1.807) is 0 Å². The average Bonchev–Trinajstić information content (AvgIpc) is 1.99. The summed E-state index contributed by atoms with van der Waals surface area (Å²) in [5.74, 6) is -2.06.